The van der Waals surface area contributed by atoms with Crippen LogP contribution in [0.15, 0.2) is 29.2 Å². The highest BCUT2D eigenvalue weighted by atomic mass is 32.2. The van der Waals surface area contributed by atoms with Gasteiger partial charge >= 0.3 is 0 Å². The minimum atomic E-state index is -3.43. The molecule has 0 spiro atoms. The van der Waals surface area contributed by atoms with Crippen molar-refractivity contribution < 1.29 is 8.42 Å². The zero-order valence-electron chi connectivity index (χ0n) is 10.8. The minimum Gasteiger partial charge on any atom is -0.384 e. The summed E-state index contributed by atoms with van der Waals surface area (Å²) in [6.07, 6.45) is 0.911. The third-order valence-corrected chi connectivity index (χ3v) is 4.22. The summed E-state index contributed by atoms with van der Waals surface area (Å²) >= 11 is 0. The van der Waals surface area contributed by atoms with Crippen molar-refractivity contribution >= 4 is 15.7 Å². The van der Waals surface area contributed by atoms with Crippen LogP contribution in [0.3, 0.4) is 0 Å². The lowest BCUT2D eigenvalue weighted by Gasteiger charge is -2.15. The molecule has 18 heavy (non-hydrogen) atoms. The summed E-state index contributed by atoms with van der Waals surface area (Å²) in [6.45, 7) is 3.42. The fourth-order valence-electron chi connectivity index (χ4n) is 1.63. The Labute approximate surface area is 109 Å². The number of para-hydroxylation sites is 1. The molecule has 0 aromatic heterocycles. The second-order valence-electron chi connectivity index (χ2n) is 4.27. The molecule has 0 aliphatic carbocycles. The summed E-state index contributed by atoms with van der Waals surface area (Å²) in [5.41, 5.74) is 6.11. The summed E-state index contributed by atoms with van der Waals surface area (Å²) in [5.74, 6) is 0.403. The zero-order chi connectivity index (χ0) is 13.6. The molecule has 1 aromatic rings. The molecular weight excluding hydrogens is 250 g/mol. The van der Waals surface area contributed by atoms with Gasteiger partial charge in [-0.3, -0.25) is 0 Å². The highest BCUT2D eigenvalue weighted by Crippen LogP contribution is 2.20. The number of nitrogens with two attached hydrogens (primary N) is 1. The predicted octanol–water partition coefficient (Wildman–Crippen LogP) is 0.991. The van der Waals surface area contributed by atoms with Crippen LogP contribution in [-0.2, 0) is 10.0 Å². The van der Waals surface area contributed by atoms with Crippen molar-refractivity contribution in [2.24, 2.45) is 11.7 Å². The van der Waals surface area contributed by atoms with Gasteiger partial charge in [-0.15, -0.1) is 0 Å². The average molecular weight is 271 g/mol. The molecule has 0 fully saturated rings. The third kappa shape index (κ3) is 3.97. The monoisotopic (exact) mass is 271 g/mol. The van der Waals surface area contributed by atoms with Gasteiger partial charge in [0.15, 0.2) is 0 Å². The highest BCUT2D eigenvalue weighted by molar-refractivity contribution is 7.89. The van der Waals surface area contributed by atoms with E-state index in [0.717, 1.165) is 6.42 Å². The van der Waals surface area contributed by atoms with Gasteiger partial charge in [-0.25, -0.2) is 13.1 Å². The van der Waals surface area contributed by atoms with Crippen LogP contribution in [0.1, 0.15) is 13.3 Å². The van der Waals surface area contributed by atoms with E-state index >= 15 is 0 Å². The maximum Gasteiger partial charge on any atom is 0.242 e. The summed E-state index contributed by atoms with van der Waals surface area (Å²) in [7, 11) is -2.02. The molecule has 0 radical (unpaired) electrons. The van der Waals surface area contributed by atoms with Crippen LogP contribution in [0.5, 0.6) is 0 Å². The second-order valence-corrected chi connectivity index (χ2v) is 6.12. The largest absolute Gasteiger partial charge is 0.384 e. The Hall–Kier alpha value is -1.11. The van der Waals surface area contributed by atoms with E-state index in [-0.39, 0.29) is 4.90 Å². The van der Waals surface area contributed by atoms with Crippen molar-refractivity contribution in [1.82, 2.24) is 4.72 Å². The molecule has 1 rings (SSSR count). The van der Waals surface area contributed by atoms with Gasteiger partial charge in [0.25, 0.3) is 0 Å². The average Bonchev–Trinajstić information content (AvgIpc) is 2.37. The Morgan fingerprint density at radius 2 is 2.00 bits per heavy atom. The number of hydrogen-bond donors (Lipinski definition) is 3. The first-order valence-electron chi connectivity index (χ1n) is 5.97. The van der Waals surface area contributed by atoms with E-state index in [1.54, 1.807) is 18.2 Å². The molecule has 0 aliphatic rings. The van der Waals surface area contributed by atoms with Crippen LogP contribution in [0.4, 0.5) is 5.69 Å². The SMILES string of the molecule is CNS(=O)(=O)c1ccccc1NCC(C)CCN. The van der Waals surface area contributed by atoms with Crippen molar-refractivity contribution in [2.45, 2.75) is 18.2 Å². The van der Waals surface area contributed by atoms with E-state index in [1.807, 2.05) is 6.07 Å². The van der Waals surface area contributed by atoms with Crippen LogP contribution in [-0.4, -0.2) is 28.6 Å². The Kier molecular flexibility index (Phi) is 5.58. The molecule has 4 N–H and O–H groups in total. The molecule has 0 aliphatic heterocycles. The van der Waals surface area contributed by atoms with Crippen LogP contribution >= 0.6 is 0 Å². The van der Waals surface area contributed by atoms with Crippen molar-refractivity contribution in [2.75, 3.05) is 25.5 Å². The van der Waals surface area contributed by atoms with E-state index in [9.17, 15) is 8.42 Å². The van der Waals surface area contributed by atoms with E-state index in [2.05, 4.69) is 17.0 Å². The number of hydrogen-bond acceptors (Lipinski definition) is 4. The molecule has 6 heteroatoms. The Bertz CT molecular complexity index is 474. The molecule has 1 aromatic carbocycles. The molecule has 0 heterocycles. The number of benzene rings is 1. The lowest BCUT2D eigenvalue weighted by atomic mass is 10.1. The van der Waals surface area contributed by atoms with Gasteiger partial charge in [0.2, 0.25) is 10.0 Å². The van der Waals surface area contributed by atoms with Crippen LogP contribution in [0.25, 0.3) is 0 Å². The van der Waals surface area contributed by atoms with Gasteiger partial charge in [-0.1, -0.05) is 19.1 Å². The number of nitrogens with one attached hydrogen (secondary N) is 2. The van der Waals surface area contributed by atoms with Crippen molar-refractivity contribution in [3.8, 4) is 0 Å². The van der Waals surface area contributed by atoms with Gasteiger partial charge < -0.3 is 11.1 Å². The Morgan fingerprint density at radius 1 is 1.33 bits per heavy atom. The first-order valence-corrected chi connectivity index (χ1v) is 7.46. The number of sulfonamides is 1. The molecule has 1 atom stereocenters. The number of anilines is 1. The summed E-state index contributed by atoms with van der Waals surface area (Å²) in [5, 5.41) is 3.16. The molecule has 0 saturated carbocycles. The molecular formula is C12H21N3O2S. The highest BCUT2D eigenvalue weighted by Gasteiger charge is 2.15. The molecule has 5 nitrogen and oxygen atoms in total. The quantitative estimate of drug-likeness (QED) is 0.690. The molecule has 0 amide bonds. The standard InChI is InChI=1S/C12H21N3O2S/c1-10(7-8-13)9-15-11-5-3-4-6-12(11)18(16,17)14-2/h3-6,10,14-15H,7-9,13H2,1-2H3. The van der Waals surface area contributed by atoms with Gasteiger partial charge in [0.1, 0.15) is 4.90 Å². The van der Waals surface area contributed by atoms with Crippen LogP contribution < -0.4 is 15.8 Å². The van der Waals surface area contributed by atoms with Gasteiger partial charge in [-0.2, -0.15) is 0 Å². The topological polar surface area (TPSA) is 84.2 Å². The molecule has 0 bridgehead atoms. The van der Waals surface area contributed by atoms with Gasteiger partial charge in [-0.05, 0) is 38.1 Å². The minimum absolute atomic E-state index is 0.271. The van der Waals surface area contributed by atoms with Crippen molar-refractivity contribution in [3.05, 3.63) is 24.3 Å². The van der Waals surface area contributed by atoms with Gasteiger partial charge in [0.05, 0.1) is 5.69 Å². The van der Waals surface area contributed by atoms with Crippen molar-refractivity contribution in [1.29, 1.82) is 0 Å². The maximum atomic E-state index is 11.8. The summed E-state index contributed by atoms with van der Waals surface area (Å²) < 4.78 is 26.0. The fourth-order valence-corrected chi connectivity index (χ4v) is 2.54. The van der Waals surface area contributed by atoms with Gasteiger partial charge in [0, 0.05) is 6.54 Å². The lowest BCUT2D eigenvalue weighted by Crippen LogP contribution is -2.21. The fraction of sp³-hybridized carbons (Fsp3) is 0.500. The number of rotatable bonds is 7. The smallest absolute Gasteiger partial charge is 0.242 e. The molecule has 102 valence electrons. The molecule has 0 saturated heterocycles. The zero-order valence-corrected chi connectivity index (χ0v) is 11.6. The van der Waals surface area contributed by atoms with E-state index < -0.39 is 10.0 Å². The first kappa shape index (κ1) is 14.9. The Morgan fingerprint density at radius 3 is 2.61 bits per heavy atom. The lowest BCUT2D eigenvalue weighted by molar-refractivity contribution is 0.567. The van der Waals surface area contributed by atoms with E-state index in [0.29, 0.717) is 24.7 Å². The normalized spacial score (nSPS) is 13.3. The second kappa shape index (κ2) is 6.72. The van der Waals surface area contributed by atoms with Crippen molar-refractivity contribution in [3.63, 3.8) is 0 Å². The maximum absolute atomic E-state index is 11.8. The Balaban J connectivity index is 2.84. The summed E-state index contributed by atoms with van der Waals surface area (Å²) in [6, 6.07) is 6.87. The molecule has 1 unspecified atom stereocenters. The van der Waals surface area contributed by atoms with E-state index in [1.165, 1.54) is 7.05 Å². The predicted molar refractivity (Wildman–Crippen MR) is 74.0 cm³/mol. The van der Waals surface area contributed by atoms with Crippen LogP contribution in [0, 0.1) is 5.92 Å². The third-order valence-electron chi connectivity index (χ3n) is 2.75. The van der Waals surface area contributed by atoms with E-state index in [4.69, 9.17) is 5.73 Å². The first-order chi connectivity index (χ1) is 8.51. The summed E-state index contributed by atoms with van der Waals surface area (Å²) in [4.78, 5) is 0.271. The van der Waals surface area contributed by atoms with Crippen LogP contribution in [0.2, 0.25) is 0 Å².